The number of hydrogen-bond donors (Lipinski definition) is 0. The molecule has 0 saturated carbocycles. The predicted molar refractivity (Wildman–Crippen MR) is 96.9 cm³/mol. The number of Topliss-reactive ketones (excluding diaryl/α,β-unsaturated/α-hetero) is 1. The van der Waals surface area contributed by atoms with Crippen LogP contribution in [0, 0.1) is 0 Å². The van der Waals surface area contributed by atoms with Gasteiger partial charge in [-0.3, -0.25) is 9.59 Å². The van der Waals surface area contributed by atoms with Crippen molar-refractivity contribution in [3.05, 3.63) is 42.0 Å². The summed E-state index contributed by atoms with van der Waals surface area (Å²) in [6.45, 7) is 7.04. The molecule has 0 aliphatic rings. The van der Waals surface area contributed by atoms with Crippen LogP contribution in [0.4, 0.5) is 0 Å². The Morgan fingerprint density at radius 3 is 2.33 bits per heavy atom. The Bertz CT molecular complexity index is 525. The summed E-state index contributed by atoms with van der Waals surface area (Å²) < 4.78 is 10.5. The summed E-state index contributed by atoms with van der Waals surface area (Å²) in [5, 5.41) is 0. The van der Waals surface area contributed by atoms with Crippen LogP contribution < -0.4 is 0 Å². The SMILES string of the molecule is C=Cc1ccc(CCC(CC(C)=O)OC(=O)CC(C)OC)cc1.[B]. The molecule has 5 heteroatoms. The molecule has 2 atom stereocenters. The third-order valence-corrected chi connectivity index (χ3v) is 3.64. The zero-order valence-electron chi connectivity index (χ0n) is 14.8. The maximum absolute atomic E-state index is 11.9. The van der Waals surface area contributed by atoms with Crippen LogP contribution in [0.3, 0.4) is 0 Å². The lowest BCUT2D eigenvalue weighted by atomic mass is 10.0. The maximum Gasteiger partial charge on any atom is 0.308 e. The van der Waals surface area contributed by atoms with Gasteiger partial charge in [-0.05, 0) is 37.8 Å². The van der Waals surface area contributed by atoms with E-state index in [4.69, 9.17) is 9.47 Å². The van der Waals surface area contributed by atoms with Crippen molar-refractivity contribution in [2.75, 3.05) is 7.11 Å². The van der Waals surface area contributed by atoms with Crippen molar-refractivity contribution in [1.82, 2.24) is 0 Å². The summed E-state index contributed by atoms with van der Waals surface area (Å²) in [6.07, 6.45) is 3.04. The molecular weight excluding hydrogens is 303 g/mol. The predicted octanol–water partition coefficient (Wildman–Crippen LogP) is 3.20. The summed E-state index contributed by atoms with van der Waals surface area (Å²) >= 11 is 0. The van der Waals surface area contributed by atoms with Crippen molar-refractivity contribution >= 4 is 26.2 Å². The van der Waals surface area contributed by atoms with Gasteiger partial charge in [0.15, 0.2) is 0 Å². The molecule has 2 unspecified atom stereocenters. The molecule has 0 aromatic heterocycles. The first-order chi connectivity index (χ1) is 10.9. The van der Waals surface area contributed by atoms with Gasteiger partial charge in [0.2, 0.25) is 0 Å². The van der Waals surface area contributed by atoms with E-state index in [0.29, 0.717) is 6.42 Å². The molecule has 0 aliphatic heterocycles. The lowest BCUT2D eigenvalue weighted by Gasteiger charge is -2.18. The van der Waals surface area contributed by atoms with Gasteiger partial charge in [-0.25, -0.2) is 0 Å². The number of ketones is 1. The fourth-order valence-electron chi connectivity index (χ4n) is 2.22. The number of esters is 1. The number of benzene rings is 1. The molecule has 0 amide bonds. The molecule has 0 saturated heterocycles. The minimum Gasteiger partial charge on any atom is -0.462 e. The molecule has 1 aromatic carbocycles. The normalized spacial score (nSPS) is 12.6. The van der Waals surface area contributed by atoms with E-state index in [0.717, 1.165) is 17.5 Å². The van der Waals surface area contributed by atoms with E-state index in [-0.39, 0.29) is 45.2 Å². The van der Waals surface area contributed by atoms with Crippen LogP contribution >= 0.6 is 0 Å². The van der Waals surface area contributed by atoms with Crippen molar-refractivity contribution in [3.63, 3.8) is 0 Å². The molecular formula is C19H26BO4. The van der Waals surface area contributed by atoms with E-state index < -0.39 is 0 Å². The lowest BCUT2D eigenvalue weighted by Crippen LogP contribution is -2.24. The highest BCUT2D eigenvalue weighted by molar-refractivity contribution is 5.77. The topological polar surface area (TPSA) is 52.6 Å². The van der Waals surface area contributed by atoms with Gasteiger partial charge < -0.3 is 9.47 Å². The third-order valence-electron chi connectivity index (χ3n) is 3.64. The highest BCUT2D eigenvalue weighted by atomic mass is 16.5. The largest absolute Gasteiger partial charge is 0.462 e. The van der Waals surface area contributed by atoms with Gasteiger partial charge in [0, 0.05) is 21.9 Å². The molecule has 0 spiro atoms. The van der Waals surface area contributed by atoms with Crippen LogP contribution in [0.2, 0.25) is 0 Å². The Morgan fingerprint density at radius 1 is 1.21 bits per heavy atom. The van der Waals surface area contributed by atoms with Crippen LogP contribution in [0.1, 0.15) is 44.2 Å². The minimum absolute atomic E-state index is 0. The zero-order chi connectivity index (χ0) is 17.2. The molecule has 0 N–H and O–H groups in total. The fourth-order valence-corrected chi connectivity index (χ4v) is 2.22. The molecule has 1 rings (SSSR count). The molecule has 129 valence electrons. The number of carbonyl (C=O) groups excluding carboxylic acids is 2. The lowest BCUT2D eigenvalue weighted by molar-refractivity contribution is -0.152. The van der Waals surface area contributed by atoms with Crippen molar-refractivity contribution in [2.45, 2.75) is 51.7 Å². The van der Waals surface area contributed by atoms with Gasteiger partial charge in [-0.1, -0.05) is 36.9 Å². The monoisotopic (exact) mass is 329 g/mol. The number of carbonyl (C=O) groups is 2. The van der Waals surface area contributed by atoms with E-state index in [2.05, 4.69) is 6.58 Å². The van der Waals surface area contributed by atoms with Crippen LogP contribution in [-0.4, -0.2) is 39.5 Å². The molecule has 0 bridgehead atoms. The number of hydrogen-bond acceptors (Lipinski definition) is 4. The number of methoxy groups -OCH3 is 1. The van der Waals surface area contributed by atoms with E-state index in [9.17, 15) is 9.59 Å². The molecule has 3 radical (unpaired) electrons. The molecule has 0 heterocycles. The second kappa shape index (κ2) is 11.6. The van der Waals surface area contributed by atoms with E-state index in [1.807, 2.05) is 31.2 Å². The Morgan fingerprint density at radius 2 is 1.83 bits per heavy atom. The standard InChI is InChI=1S/C19H26O4.B/c1-5-16-6-8-17(9-7-16)10-11-18(12-14(2)20)23-19(21)13-15(3)22-4;/h5-9,15,18H,1,10-13H2,2-4H3;. The van der Waals surface area contributed by atoms with Gasteiger partial charge in [0.1, 0.15) is 11.9 Å². The Labute approximate surface area is 146 Å². The van der Waals surface area contributed by atoms with Crippen molar-refractivity contribution in [2.24, 2.45) is 0 Å². The minimum atomic E-state index is -0.386. The van der Waals surface area contributed by atoms with Crippen LogP contribution in [0.25, 0.3) is 6.08 Å². The summed E-state index contributed by atoms with van der Waals surface area (Å²) in [7, 11) is 1.55. The Balaban J connectivity index is 0.00000529. The second-order valence-electron chi connectivity index (χ2n) is 5.75. The first-order valence-electron chi connectivity index (χ1n) is 7.87. The molecule has 4 nitrogen and oxygen atoms in total. The third kappa shape index (κ3) is 8.68. The van der Waals surface area contributed by atoms with E-state index in [1.165, 1.54) is 6.92 Å². The fraction of sp³-hybridized carbons (Fsp3) is 0.474. The smallest absolute Gasteiger partial charge is 0.308 e. The van der Waals surface area contributed by atoms with Crippen LogP contribution in [-0.2, 0) is 25.5 Å². The van der Waals surface area contributed by atoms with Crippen molar-refractivity contribution in [1.29, 1.82) is 0 Å². The molecule has 0 aliphatic carbocycles. The molecule has 24 heavy (non-hydrogen) atoms. The average molecular weight is 329 g/mol. The summed E-state index contributed by atoms with van der Waals surface area (Å²) in [5.41, 5.74) is 2.21. The van der Waals surface area contributed by atoms with Crippen molar-refractivity contribution < 1.29 is 19.1 Å². The van der Waals surface area contributed by atoms with Gasteiger partial charge in [-0.15, -0.1) is 0 Å². The van der Waals surface area contributed by atoms with Crippen LogP contribution in [0.15, 0.2) is 30.8 Å². The molecule has 1 aromatic rings. The van der Waals surface area contributed by atoms with E-state index in [1.54, 1.807) is 13.2 Å². The Hall–Kier alpha value is -1.88. The van der Waals surface area contributed by atoms with Gasteiger partial charge in [0.05, 0.1) is 12.5 Å². The Kier molecular flexibility index (Phi) is 10.7. The molecule has 0 fully saturated rings. The second-order valence-corrected chi connectivity index (χ2v) is 5.75. The van der Waals surface area contributed by atoms with E-state index >= 15 is 0 Å². The van der Waals surface area contributed by atoms with Crippen LogP contribution in [0.5, 0.6) is 0 Å². The number of aryl methyl sites for hydroxylation is 1. The summed E-state index contributed by atoms with van der Waals surface area (Å²) in [4.78, 5) is 23.3. The maximum atomic E-state index is 11.9. The van der Waals surface area contributed by atoms with Gasteiger partial charge >= 0.3 is 5.97 Å². The highest BCUT2D eigenvalue weighted by Gasteiger charge is 2.18. The number of ether oxygens (including phenoxy) is 2. The zero-order valence-corrected chi connectivity index (χ0v) is 14.8. The average Bonchev–Trinajstić information content (AvgIpc) is 2.52. The summed E-state index contributed by atoms with van der Waals surface area (Å²) in [6, 6.07) is 8.04. The quantitative estimate of drug-likeness (QED) is 0.489. The first kappa shape index (κ1) is 22.1. The number of rotatable bonds is 10. The summed E-state index contributed by atoms with van der Waals surface area (Å²) in [5.74, 6) is -0.308. The highest BCUT2D eigenvalue weighted by Crippen LogP contribution is 2.14. The van der Waals surface area contributed by atoms with Gasteiger partial charge in [-0.2, -0.15) is 0 Å². The first-order valence-corrected chi connectivity index (χ1v) is 7.87. The van der Waals surface area contributed by atoms with Gasteiger partial charge in [0.25, 0.3) is 0 Å². The van der Waals surface area contributed by atoms with Crippen molar-refractivity contribution in [3.8, 4) is 0 Å².